The highest BCUT2D eigenvalue weighted by atomic mass is 16.6. The summed E-state index contributed by atoms with van der Waals surface area (Å²) in [6, 6.07) is 9.36. The summed E-state index contributed by atoms with van der Waals surface area (Å²) in [5, 5.41) is 4.12. The fourth-order valence-corrected chi connectivity index (χ4v) is 3.62. The lowest BCUT2D eigenvalue weighted by atomic mass is 10.2. The third-order valence-electron chi connectivity index (χ3n) is 5.20. The molecule has 2 atom stereocenters. The lowest BCUT2D eigenvalue weighted by Crippen LogP contribution is -2.42. The number of carbonyl (C=O) groups is 1. The van der Waals surface area contributed by atoms with Crippen LogP contribution in [0.15, 0.2) is 35.4 Å². The molecule has 7 heteroatoms. The zero-order valence-corrected chi connectivity index (χ0v) is 16.2. The Labute approximate surface area is 164 Å². The summed E-state index contributed by atoms with van der Waals surface area (Å²) < 4.78 is 19.2. The summed E-state index contributed by atoms with van der Waals surface area (Å²) in [7, 11) is 0. The second kappa shape index (κ2) is 8.06. The molecule has 3 heterocycles. The maximum atomic E-state index is 12.3. The Kier molecular flexibility index (Phi) is 5.34. The number of amides is 1. The number of carbonyl (C=O) groups excluding carboxylic acids is 1. The molecule has 148 valence electrons. The van der Waals surface area contributed by atoms with Gasteiger partial charge in [-0.15, -0.1) is 0 Å². The van der Waals surface area contributed by atoms with Crippen molar-refractivity contribution in [3.05, 3.63) is 47.3 Å². The monoisotopic (exact) mass is 383 g/mol. The lowest BCUT2D eigenvalue weighted by Gasteiger charge is -2.24. The van der Waals surface area contributed by atoms with Gasteiger partial charge >= 0.3 is 0 Å². The van der Waals surface area contributed by atoms with E-state index in [0.717, 1.165) is 42.9 Å². The van der Waals surface area contributed by atoms with Gasteiger partial charge in [0.2, 0.25) is 6.10 Å². The number of aromatic nitrogens is 1. The standard InChI is InChI=1S/C21H25N3O4/c1-14-10-16(15(2)24(14)12-17-6-5-9-26-17)11-22-23-21(25)20-13-27-18-7-3-4-8-19(18)28-20/h3-4,7-8,10-11,17,20H,5-6,9,12-13H2,1-2H3,(H,23,25)/b22-11-/t17-,20-/m0/s1. The van der Waals surface area contributed by atoms with Crippen molar-refractivity contribution < 1.29 is 19.0 Å². The SMILES string of the molecule is Cc1cc(/C=N\NC(=O)[C@@H]2COc3ccccc3O2)c(C)n1C[C@@H]1CCCO1. The summed E-state index contributed by atoms with van der Waals surface area (Å²) in [5.74, 6) is 0.878. The molecule has 2 aromatic rings. The molecule has 1 N–H and O–H groups in total. The summed E-state index contributed by atoms with van der Waals surface area (Å²) in [4.78, 5) is 12.3. The first-order valence-electron chi connectivity index (χ1n) is 9.61. The molecule has 4 rings (SSSR count). The Balaban J connectivity index is 1.36. The maximum Gasteiger partial charge on any atom is 0.284 e. The van der Waals surface area contributed by atoms with Gasteiger partial charge < -0.3 is 18.8 Å². The van der Waals surface area contributed by atoms with E-state index >= 15 is 0 Å². The van der Waals surface area contributed by atoms with Crippen LogP contribution in [0.5, 0.6) is 11.5 Å². The van der Waals surface area contributed by atoms with Crippen LogP contribution in [0.3, 0.4) is 0 Å². The minimum atomic E-state index is -0.723. The van der Waals surface area contributed by atoms with E-state index in [1.807, 2.05) is 18.2 Å². The number of nitrogens with one attached hydrogen (secondary N) is 1. The van der Waals surface area contributed by atoms with E-state index < -0.39 is 6.10 Å². The van der Waals surface area contributed by atoms with Crippen molar-refractivity contribution >= 4 is 12.1 Å². The van der Waals surface area contributed by atoms with Gasteiger partial charge in [-0.05, 0) is 44.9 Å². The zero-order valence-electron chi connectivity index (χ0n) is 16.2. The van der Waals surface area contributed by atoms with Crippen molar-refractivity contribution in [2.45, 2.75) is 45.4 Å². The fourth-order valence-electron chi connectivity index (χ4n) is 3.62. The van der Waals surface area contributed by atoms with Crippen LogP contribution in [0.4, 0.5) is 0 Å². The second-order valence-electron chi connectivity index (χ2n) is 7.17. The zero-order chi connectivity index (χ0) is 19.5. The van der Waals surface area contributed by atoms with Crippen LogP contribution in [0, 0.1) is 13.8 Å². The summed E-state index contributed by atoms with van der Waals surface area (Å²) in [6.45, 7) is 5.99. The maximum absolute atomic E-state index is 12.3. The Morgan fingerprint density at radius 2 is 2.14 bits per heavy atom. The third kappa shape index (κ3) is 3.89. The molecule has 0 spiro atoms. The molecular formula is C21H25N3O4. The molecule has 7 nitrogen and oxygen atoms in total. The summed E-state index contributed by atoms with van der Waals surface area (Å²) >= 11 is 0. The largest absolute Gasteiger partial charge is 0.485 e. The van der Waals surface area contributed by atoms with Gasteiger partial charge in [-0.25, -0.2) is 5.43 Å². The number of ether oxygens (including phenoxy) is 3. The molecule has 1 aromatic heterocycles. The van der Waals surface area contributed by atoms with Gasteiger partial charge in [-0.2, -0.15) is 5.10 Å². The molecule has 2 aliphatic heterocycles. The number of hydrogen-bond donors (Lipinski definition) is 1. The second-order valence-corrected chi connectivity index (χ2v) is 7.17. The van der Waals surface area contributed by atoms with Crippen LogP contribution in [0.2, 0.25) is 0 Å². The quantitative estimate of drug-likeness (QED) is 0.636. The highest BCUT2D eigenvalue weighted by Gasteiger charge is 2.27. The van der Waals surface area contributed by atoms with Crippen LogP contribution in [-0.2, 0) is 16.1 Å². The lowest BCUT2D eigenvalue weighted by molar-refractivity contribution is -0.130. The van der Waals surface area contributed by atoms with Crippen molar-refractivity contribution in [2.24, 2.45) is 5.10 Å². The summed E-state index contributed by atoms with van der Waals surface area (Å²) in [5.41, 5.74) is 5.79. The minimum Gasteiger partial charge on any atom is -0.485 e. The first-order valence-corrected chi connectivity index (χ1v) is 9.61. The topological polar surface area (TPSA) is 74.1 Å². The highest BCUT2D eigenvalue weighted by molar-refractivity contribution is 5.85. The molecule has 1 amide bonds. The van der Waals surface area contributed by atoms with Gasteiger partial charge in [0.05, 0.1) is 12.3 Å². The Morgan fingerprint density at radius 1 is 1.32 bits per heavy atom. The molecule has 1 aromatic carbocycles. The van der Waals surface area contributed by atoms with Crippen molar-refractivity contribution in [2.75, 3.05) is 13.2 Å². The third-order valence-corrected chi connectivity index (χ3v) is 5.20. The molecule has 1 fully saturated rings. The van der Waals surface area contributed by atoms with Gasteiger partial charge in [-0.3, -0.25) is 4.79 Å². The van der Waals surface area contributed by atoms with E-state index in [0.29, 0.717) is 11.5 Å². The average Bonchev–Trinajstić information content (AvgIpc) is 3.31. The molecule has 0 aliphatic carbocycles. The Morgan fingerprint density at radius 3 is 2.93 bits per heavy atom. The number of para-hydroxylation sites is 2. The number of aryl methyl sites for hydroxylation is 1. The molecule has 28 heavy (non-hydrogen) atoms. The van der Waals surface area contributed by atoms with Gasteiger partial charge in [-0.1, -0.05) is 12.1 Å². The first-order chi connectivity index (χ1) is 13.6. The van der Waals surface area contributed by atoms with Gasteiger partial charge in [0, 0.05) is 30.1 Å². The predicted octanol–water partition coefficient (Wildman–Crippen LogP) is 2.57. The molecule has 1 saturated heterocycles. The van der Waals surface area contributed by atoms with Crippen molar-refractivity contribution in [1.82, 2.24) is 9.99 Å². The fraction of sp³-hybridized carbons (Fsp3) is 0.429. The average molecular weight is 383 g/mol. The van der Waals surface area contributed by atoms with Gasteiger partial charge in [0.25, 0.3) is 5.91 Å². The minimum absolute atomic E-state index is 0.161. The number of hydrazone groups is 1. The molecule has 0 bridgehead atoms. The molecular weight excluding hydrogens is 358 g/mol. The summed E-state index contributed by atoms with van der Waals surface area (Å²) in [6.07, 6.45) is 3.45. The Hall–Kier alpha value is -2.80. The Bertz CT molecular complexity index is 884. The molecule has 2 aliphatic rings. The van der Waals surface area contributed by atoms with E-state index in [9.17, 15) is 4.79 Å². The van der Waals surface area contributed by atoms with Crippen LogP contribution in [0.1, 0.15) is 29.8 Å². The highest BCUT2D eigenvalue weighted by Crippen LogP contribution is 2.30. The smallest absolute Gasteiger partial charge is 0.284 e. The molecule has 0 unspecified atom stereocenters. The van der Waals surface area contributed by atoms with E-state index in [1.165, 1.54) is 0 Å². The van der Waals surface area contributed by atoms with Crippen molar-refractivity contribution in [3.8, 4) is 11.5 Å². The van der Waals surface area contributed by atoms with Crippen LogP contribution >= 0.6 is 0 Å². The van der Waals surface area contributed by atoms with Crippen LogP contribution < -0.4 is 14.9 Å². The van der Waals surface area contributed by atoms with Crippen molar-refractivity contribution in [3.63, 3.8) is 0 Å². The van der Waals surface area contributed by atoms with E-state index in [1.54, 1.807) is 12.3 Å². The molecule has 0 radical (unpaired) electrons. The molecule has 0 saturated carbocycles. The number of fused-ring (bicyclic) bond motifs is 1. The number of hydrogen-bond acceptors (Lipinski definition) is 5. The predicted molar refractivity (Wildman–Crippen MR) is 105 cm³/mol. The van der Waals surface area contributed by atoms with Crippen molar-refractivity contribution in [1.29, 1.82) is 0 Å². The van der Waals surface area contributed by atoms with E-state index in [-0.39, 0.29) is 18.6 Å². The number of benzene rings is 1. The first kappa shape index (κ1) is 18.6. The number of nitrogens with zero attached hydrogens (tertiary/aromatic N) is 2. The van der Waals surface area contributed by atoms with E-state index in [4.69, 9.17) is 14.2 Å². The van der Waals surface area contributed by atoms with Crippen LogP contribution in [-0.4, -0.2) is 42.1 Å². The van der Waals surface area contributed by atoms with Gasteiger partial charge in [0.1, 0.15) is 6.61 Å². The van der Waals surface area contributed by atoms with E-state index in [2.05, 4.69) is 35.0 Å². The number of rotatable bonds is 5. The van der Waals surface area contributed by atoms with Gasteiger partial charge in [0.15, 0.2) is 11.5 Å². The van der Waals surface area contributed by atoms with Crippen LogP contribution in [0.25, 0.3) is 0 Å². The normalized spacial score (nSPS) is 21.2.